The number of nitrogens with one attached hydrogen (secondary N) is 1. The van der Waals surface area contributed by atoms with E-state index in [0.717, 1.165) is 28.3 Å². The van der Waals surface area contributed by atoms with Crippen LogP contribution >= 0.6 is 11.3 Å². The zero-order chi connectivity index (χ0) is 22.8. The van der Waals surface area contributed by atoms with Crippen LogP contribution in [0.4, 0.5) is 13.2 Å². The molecule has 0 bridgehead atoms. The van der Waals surface area contributed by atoms with Crippen molar-refractivity contribution in [1.82, 2.24) is 14.6 Å². The second-order valence-electron chi connectivity index (χ2n) is 7.40. The maximum Gasteiger partial charge on any atom is 0.573 e. The molecule has 3 aromatic rings. The molecule has 1 aliphatic rings. The molecule has 2 aromatic carbocycles. The molecule has 0 spiro atoms. The summed E-state index contributed by atoms with van der Waals surface area (Å²) in [7, 11) is -3.98. The van der Waals surface area contributed by atoms with Gasteiger partial charge >= 0.3 is 6.36 Å². The Kier molecular flexibility index (Phi) is 6.52. The van der Waals surface area contributed by atoms with E-state index >= 15 is 0 Å². The Bertz CT molecular complexity index is 1150. The van der Waals surface area contributed by atoms with Crippen LogP contribution in [0.2, 0.25) is 0 Å². The largest absolute Gasteiger partial charge is 0.573 e. The number of alkyl halides is 3. The number of nitrogens with zero attached hydrogens (tertiary/aromatic N) is 2. The van der Waals surface area contributed by atoms with Crippen LogP contribution in [0.3, 0.4) is 0 Å². The van der Waals surface area contributed by atoms with Crippen LogP contribution in [0.25, 0.3) is 10.6 Å². The first-order chi connectivity index (χ1) is 15.2. The van der Waals surface area contributed by atoms with E-state index in [2.05, 4.69) is 19.3 Å². The van der Waals surface area contributed by atoms with Gasteiger partial charge in [-0.15, -0.1) is 24.5 Å². The maximum absolute atomic E-state index is 12.6. The normalized spacial score (nSPS) is 17.5. The molecule has 0 saturated carbocycles. The maximum atomic E-state index is 12.6. The molecule has 1 N–H and O–H groups in total. The van der Waals surface area contributed by atoms with Gasteiger partial charge in [-0.2, -0.15) is 0 Å². The fourth-order valence-corrected chi connectivity index (χ4v) is 5.52. The van der Waals surface area contributed by atoms with Gasteiger partial charge in [-0.05, 0) is 24.1 Å². The van der Waals surface area contributed by atoms with Gasteiger partial charge in [0, 0.05) is 48.9 Å². The molecule has 1 aliphatic heterocycles. The molecule has 0 unspecified atom stereocenters. The lowest BCUT2D eigenvalue weighted by molar-refractivity contribution is -0.274. The average molecular weight is 484 g/mol. The predicted octanol–water partition coefficient (Wildman–Crippen LogP) is 4.26. The van der Waals surface area contributed by atoms with Crippen molar-refractivity contribution < 1.29 is 26.3 Å². The molecule has 1 saturated heterocycles. The van der Waals surface area contributed by atoms with E-state index in [-0.39, 0.29) is 10.9 Å². The van der Waals surface area contributed by atoms with Crippen molar-refractivity contribution >= 4 is 21.4 Å². The van der Waals surface area contributed by atoms with Crippen LogP contribution in [0.15, 0.2) is 65.0 Å². The van der Waals surface area contributed by atoms with Crippen molar-refractivity contribution in [3.8, 4) is 16.3 Å². The summed E-state index contributed by atoms with van der Waals surface area (Å²) in [5.74, 6) is -0.574. The fraction of sp³-hybridized carbons (Fsp3) is 0.286. The van der Waals surface area contributed by atoms with Crippen LogP contribution in [0, 0.1) is 0 Å². The number of thiazole rings is 1. The second-order valence-corrected chi connectivity index (χ2v) is 10.0. The smallest absolute Gasteiger partial charge is 0.406 e. The summed E-state index contributed by atoms with van der Waals surface area (Å²) in [6.45, 7) is 1.89. The molecular formula is C21H20F3N3O3S2. The van der Waals surface area contributed by atoms with Gasteiger partial charge in [-0.1, -0.05) is 30.3 Å². The topological polar surface area (TPSA) is 71.5 Å². The highest BCUT2D eigenvalue weighted by molar-refractivity contribution is 7.89. The van der Waals surface area contributed by atoms with Crippen molar-refractivity contribution in [2.45, 2.75) is 30.3 Å². The Morgan fingerprint density at radius 2 is 1.97 bits per heavy atom. The molecule has 32 heavy (non-hydrogen) atoms. The van der Waals surface area contributed by atoms with Gasteiger partial charge in [-0.25, -0.2) is 18.1 Å². The van der Waals surface area contributed by atoms with E-state index in [1.165, 1.54) is 12.1 Å². The molecule has 0 radical (unpaired) electrons. The van der Waals surface area contributed by atoms with Gasteiger partial charge in [0.2, 0.25) is 10.0 Å². The van der Waals surface area contributed by atoms with Crippen molar-refractivity contribution in [1.29, 1.82) is 0 Å². The number of hydrogen-bond donors (Lipinski definition) is 1. The third-order valence-corrected chi connectivity index (χ3v) is 7.32. The molecule has 1 fully saturated rings. The predicted molar refractivity (Wildman–Crippen MR) is 115 cm³/mol. The first-order valence-electron chi connectivity index (χ1n) is 9.77. The Hall–Kier alpha value is -2.47. The number of benzene rings is 2. The summed E-state index contributed by atoms with van der Waals surface area (Å²) in [5, 5.41) is 2.88. The number of ether oxygens (including phenoxy) is 1. The molecule has 170 valence electrons. The van der Waals surface area contributed by atoms with Crippen LogP contribution in [-0.4, -0.2) is 43.8 Å². The molecule has 1 aromatic heterocycles. The van der Waals surface area contributed by atoms with E-state index in [1.807, 2.05) is 29.6 Å². The van der Waals surface area contributed by atoms with Crippen molar-refractivity contribution in [2.24, 2.45) is 0 Å². The van der Waals surface area contributed by atoms with Crippen molar-refractivity contribution in [3.05, 3.63) is 65.7 Å². The molecule has 11 heteroatoms. The van der Waals surface area contributed by atoms with Crippen LogP contribution in [-0.2, 0) is 16.6 Å². The van der Waals surface area contributed by atoms with E-state index in [1.54, 1.807) is 17.5 Å². The average Bonchev–Trinajstić information content (AvgIpc) is 3.40. The number of sulfonamides is 1. The lowest BCUT2D eigenvalue weighted by atomic mass is 10.1. The van der Waals surface area contributed by atoms with Crippen LogP contribution in [0.5, 0.6) is 5.75 Å². The molecule has 0 aliphatic carbocycles. The van der Waals surface area contributed by atoms with Crippen molar-refractivity contribution in [2.75, 3.05) is 13.1 Å². The number of halogens is 3. The van der Waals surface area contributed by atoms with E-state index in [0.29, 0.717) is 26.1 Å². The van der Waals surface area contributed by atoms with Gasteiger partial charge in [0.05, 0.1) is 4.90 Å². The molecule has 4 rings (SSSR count). The Balaban J connectivity index is 1.35. The highest BCUT2D eigenvalue weighted by atomic mass is 32.2. The quantitative estimate of drug-likeness (QED) is 0.544. The highest BCUT2D eigenvalue weighted by Gasteiger charge is 2.32. The molecule has 6 nitrogen and oxygen atoms in total. The number of aromatic nitrogens is 1. The summed E-state index contributed by atoms with van der Waals surface area (Å²) in [4.78, 5) is 6.16. The molecule has 0 amide bonds. The number of hydrogen-bond acceptors (Lipinski definition) is 6. The Morgan fingerprint density at radius 3 is 2.66 bits per heavy atom. The first-order valence-corrected chi connectivity index (χ1v) is 12.1. The number of rotatable bonds is 7. The zero-order valence-corrected chi connectivity index (χ0v) is 18.4. The standard InChI is InChI=1S/C21H20F3N3O3S2/c22-21(23,24)30-18-2-1-3-19(12-18)32(28,29)26-17-8-10-27(14-17)13-15-4-6-16(7-5-15)20-25-9-11-31-20/h1-7,9,11-12,17,26H,8,10,13-14H2/t17-/m1/s1. The minimum absolute atomic E-state index is 0.268. The van der Waals surface area contributed by atoms with Crippen molar-refractivity contribution in [3.63, 3.8) is 0 Å². The van der Waals surface area contributed by atoms with Crippen LogP contribution in [0.1, 0.15) is 12.0 Å². The lowest BCUT2D eigenvalue weighted by Crippen LogP contribution is -2.37. The summed E-state index contributed by atoms with van der Waals surface area (Å²) in [6.07, 6.45) is -2.52. The van der Waals surface area contributed by atoms with Gasteiger partial charge in [0.15, 0.2) is 0 Å². The Morgan fingerprint density at radius 1 is 1.19 bits per heavy atom. The van der Waals surface area contributed by atoms with Crippen LogP contribution < -0.4 is 9.46 Å². The van der Waals surface area contributed by atoms with Gasteiger partial charge in [0.1, 0.15) is 10.8 Å². The third kappa shape index (κ3) is 5.85. The SMILES string of the molecule is O=S(=O)(N[C@@H]1CCN(Cc2ccc(-c3nccs3)cc2)C1)c1cccc(OC(F)(F)F)c1. The number of likely N-dealkylation sites (tertiary alicyclic amines) is 1. The highest BCUT2D eigenvalue weighted by Crippen LogP contribution is 2.26. The molecular weight excluding hydrogens is 463 g/mol. The first kappa shape index (κ1) is 22.7. The zero-order valence-electron chi connectivity index (χ0n) is 16.7. The summed E-state index contributed by atoms with van der Waals surface area (Å²) in [6, 6.07) is 12.1. The lowest BCUT2D eigenvalue weighted by Gasteiger charge is -2.17. The summed E-state index contributed by atoms with van der Waals surface area (Å²) >= 11 is 1.57. The van der Waals surface area contributed by atoms with Gasteiger partial charge in [0.25, 0.3) is 0 Å². The molecule has 2 heterocycles. The molecule has 1 atom stereocenters. The van der Waals surface area contributed by atoms with Gasteiger partial charge in [-0.3, -0.25) is 4.90 Å². The van der Waals surface area contributed by atoms with E-state index in [4.69, 9.17) is 0 Å². The minimum atomic E-state index is -4.89. The van der Waals surface area contributed by atoms with E-state index in [9.17, 15) is 21.6 Å². The monoisotopic (exact) mass is 483 g/mol. The minimum Gasteiger partial charge on any atom is -0.406 e. The van der Waals surface area contributed by atoms with Gasteiger partial charge < -0.3 is 4.74 Å². The summed E-state index contributed by atoms with van der Waals surface area (Å²) < 4.78 is 69.0. The Labute approximate surface area is 187 Å². The fourth-order valence-electron chi connectivity index (χ4n) is 3.58. The second kappa shape index (κ2) is 9.18. The van der Waals surface area contributed by atoms with E-state index < -0.39 is 22.1 Å². The summed E-state index contributed by atoms with van der Waals surface area (Å²) in [5.41, 5.74) is 2.15. The third-order valence-electron chi connectivity index (χ3n) is 4.98.